The predicted octanol–water partition coefficient (Wildman–Crippen LogP) is 1.91. The van der Waals surface area contributed by atoms with E-state index in [0.717, 1.165) is 0 Å². The zero-order chi connectivity index (χ0) is 8.43. The van der Waals surface area contributed by atoms with Crippen molar-refractivity contribution < 1.29 is 9.18 Å². The number of carbonyl (C=O) groups is 1. The smallest absolute Gasteiger partial charge is 0.257 e. The second kappa shape index (κ2) is 2.96. The SMILES string of the molecule is Cc1ccnc(F)c1C(=O)Cl. The van der Waals surface area contributed by atoms with Crippen LogP contribution < -0.4 is 0 Å². The van der Waals surface area contributed by atoms with Crippen LogP contribution >= 0.6 is 11.6 Å². The van der Waals surface area contributed by atoms with E-state index in [4.69, 9.17) is 11.6 Å². The molecule has 1 rings (SSSR count). The zero-order valence-corrected chi connectivity index (χ0v) is 6.52. The Hall–Kier alpha value is -0.960. The van der Waals surface area contributed by atoms with Crippen molar-refractivity contribution in [3.63, 3.8) is 0 Å². The van der Waals surface area contributed by atoms with E-state index in [1.54, 1.807) is 6.92 Å². The van der Waals surface area contributed by atoms with Gasteiger partial charge in [0.2, 0.25) is 5.95 Å². The lowest BCUT2D eigenvalue weighted by Crippen LogP contribution is -2.00. The Morgan fingerprint density at radius 1 is 1.73 bits per heavy atom. The number of rotatable bonds is 1. The highest BCUT2D eigenvalue weighted by molar-refractivity contribution is 6.67. The summed E-state index contributed by atoms with van der Waals surface area (Å²) in [6, 6.07) is 1.53. The molecule has 58 valence electrons. The molecule has 0 aliphatic heterocycles. The molecule has 0 atom stereocenters. The molecule has 0 fully saturated rings. The molecule has 0 spiro atoms. The molecular formula is C7H5ClFNO. The first-order valence-electron chi connectivity index (χ1n) is 2.94. The monoisotopic (exact) mass is 173 g/mol. The van der Waals surface area contributed by atoms with Crippen molar-refractivity contribution in [2.45, 2.75) is 6.92 Å². The van der Waals surface area contributed by atoms with Gasteiger partial charge in [0.05, 0.1) is 5.56 Å². The molecule has 0 aromatic carbocycles. The summed E-state index contributed by atoms with van der Waals surface area (Å²) in [5.74, 6) is -0.815. The van der Waals surface area contributed by atoms with Crippen molar-refractivity contribution >= 4 is 16.8 Å². The highest BCUT2D eigenvalue weighted by atomic mass is 35.5. The predicted molar refractivity (Wildman–Crippen MR) is 39.1 cm³/mol. The van der Waals surface area contributed by atoms with Crippen LogP contribution in [-0.2, 0) is 0 Å². The van der Waals surface area contributed by atoms with Gasteiger partial charge in [-0.05, 0) is 30.2 Å². The average molecular weight is 174 g/mol. The summed E-state index contributed by atoms with van der Waals surface area (Å²) < 4.78 is 12.7. The lowest BCUT2D eigenvalue weighted by atomic mass is 10.2. The summed E-state index contributed by atoms with van der Waals surface area (Å²) in [7, 11) is 0. The van der Waals surface area contributed by atoms with Crippen molar-refractivity contribution in [1.82, 2.24) is 4.98 Å². The summed E-state index contributed by atoms with van der Waals surface area (Å²) in [4.78, 5) is 13.9. The Labute approximate surface area is 68.0 Å². The third kappa shape index (κ3) is 1.54. The first-order valence-corrected chi connectivity index (χ1v) is 3.31. The van der Waals surface area contributed by atoms with Crippen LogP contribution in [0, 0.1) is 12.9 Å². The molecule has 0 N–H and O–H groups in total. The molecule has 0 radical (unpaired) electrons. The van der Waals surface area contributed by atoms with E-state index in [-0.39, 0.29) is 5.56 Å². The van der Waals surface area contributed by atoms with Crippen LogP contribution in [0.1, 0.15) is 15.9 Å². The van der Waals surface area contributed by atoms with Crippen LogP contribution in [0.2, 0.25) is 0 Å². The zero-order valence-electron chi connectivity index (χ0n) is 5.77. The Morgan fingerprint density at radius 3 is 2.73 bits per heavy atom. The molecule has 2 nitrogen and oxygen atoms in total. The number of hydrogen-bond donors (Lipinski definition) is 0. The fourth-order valence-corrected chi connectivity index (χ4v) is 0.988. The number of pyridine rings is 1. The van der Waals surface area contributed by atoms with Crippen LogP contribution in [-0.4, -0.2) is 10.2 Å². The molecule has 0 unspecified atom stereocenters. The molecule has 0 amide bonds. The van der Waals surface area contributed by atoms with Crippen LogP contribution in [0.3, 0.4) is 0 Å². The number of hydrogen-bond acceptors (Lipinski definition) is 2. The normalized spacial score (nSPS) is 9.73. The van der Waals surface area contributed by atoms with Gasteiger partial charge in [0.1, 0.15) is 0 Å². The molecule has 0 aliphatic carbocycles. The van der Waals surface area contributed by atoms with Crippen molar-refractivity contribution in [3.8, 4) is 0 Å². The van der Waals surface area contributed by atoms with Gasteiger partial charge in [-0.2, -0.15) is 4.39 Å². The van der Waals surface area contributed by atoms with Gasteiger partial charge in [0.25, 0.3) is 5.24 Å². The van der Waals surface area contributed by atoms with Crippen LogP contribution in [0.25, 0.3) is 0 Å². The first kappa shape index (κ1) is 8.14. The largest absolute Gasteiger partial charge is 0.275 e. The second-order valence-corrected chi connectivity index (χ2v) is 2.41. The van der Waals surface area contributed by atoms with Gasteiger partial charge in [-0.1, -0.05) is 0 Å². The third-order valence-corrected chi connectivity index (χ3v) is 1.50. The van der Waals surface area contributed by atoms with E-state index >= 15 is 0 Å². The molecule has 0 bridgehead atoms. The van der Waals surface area contributed by atoms with E-state index in [1.807, 2.05) is 0 Å². The Bertz CT molecular complexity index is 280. The minimum absolute atomic E-state index is 0.144. The Morgan fingerprint density at radius 2 is 2.36 bits per heavy atom. The maximum Gasteiger partial charge on any atom is 0.257 e. The molecular weight excluding hydrogens is 169 g/mol. The van der Waals surface area contributed by atoms with Gasteiger partial charge >= 0.3 is 0 Å². The standard InChI is InChI=1S/C7H5ClFNO/c1-4-2-3-10-7(9)5(4)6(8)11/h2-3H,1H3. The van der Waals surface area contributed by atoms with Crippen molar-refractivity contribution in [2.75, 3.05) is 0 Å². The van der Waals surface area contributed by atoms with E-state index in [9.17, 15) is 9.18 Å². The number of aromatic nitrogens is 1. The van der Waals surface area contributed by atoms with E-state index in [0.29, 0.717) is 5.56 Å². The summed E-state index contributed by atoms with van der Waals surface area (Å²) in [5, 5.41) is -0.812. The average Bonchev–Trinajstić information content (AvgIpc) is 1.85. The molecule has 1 heterocycles. The molecule has 1 aromatic heterocycles. The summed E-state index contributed by atoms with van der Waals surface area (Å²) in [5.41, 5.74) is 0.353. The molecule has 0 saturated carbocycles. The van der Waals surface area contributed by atoms with Gasteiger partial charge in [-0.25, -0.2) is 4.98 Å². The number of aryl methyl sites for hydroxylation is 1. The number of carbonyl (C=O) groups excluding carboxylic acids is 1. The fraction of sp³-hybridized carbons (Fsp3) is 0.143. The van der Waals surface area contributed by atoms with Crippen LogP contribution in [0.4, 0.5) is 4.39 Å². The molecule has 1 aromatic rings. The highest BCUT2D eigenvalue weighted by Gasteiger charge is 2.12. The summed E-state index contributed by atoms with van der Waals surface area (Å²) in [6.07, 6.45) is 1.29. The molecule has 4 heteroatoms. The maximum atomic E-state index is 12.7. The quantitative estimate of drug-likeness (QED) is 0.480. The Balaban J connectivity index is 3.32. The fourth-order valence-electron chi connectivity index (χ4n) is 0.761. The molecule has 0 aliphatic rings. The van der Waals surface area contributed by atoms with E-state index in [1.165, 1.54) is 12.3 Å². The summed E-state index contributed by atoms with van der Waals surface area (Å²) >= 11 is 5.09. The number of halogens is 2. The van der Waals surface area contributed by atoms with Crippen LogP contribution in [0.5, 0.6) is 0 Å². The van der Waals surface area contributed by atoms with Crippen molar-refractivity contribution in [2.24, 2.45) is 0 Å². The molecule has 0 saturated heterocycles. The first-order chi connectivity index (χ1) is 5.13. The highest BCUT2D eigenvalue weighted by Crippen LogP contribution is 2.12. The van der Waals surface area contributed by atoms with Gasteiger partial charge in [0, 0.05) is 6.20 Å². The van der Waals surface area contributed by atoms with Gasteiger partial charge in [0.15, 0.2) is 0 Å². The van der Waals surface area contributed by atoms with Crippen molar-refractivity contribution in [3.05, 3.63) is 29.3 Å². The molecule has 11 heavy (non-hydrogen) atoms. The minimum atomic E-state index is -0.815. The second-order valence-electron chi connectivity index (χ2n) is 2.07. The lowest BCUT2D eigenvalue weighted by Gasteiger charge is -1.98. The van der Waals surface area contributed by atoms with E-state index < -0.39 is 11.2 Å². The van der Waals surface area contributed by atoms with Gasteiger partial charge in [-0.3, -0.25) is 4.79 Å². The third-order valence-electron chi connectivity index (χ3n) is 1.31. The Kier molecular flexibility index (Phi) is 2.19. The number of nitrogens with zero attached hydrogens (tertiary/aromatic N) is 1. The van der Waals surface area contributed by atoms with Gasteiger partial charge < -0.3 is 0 Å². The van der Waals surface area contributed by atoms with Crippen LogP contribution in [0.15, 0.2) is 12.3 Å². The minimum Gasteiger partial charge on any atom is -0.275 e. The lowest BCUT2D eigenvalue weighted by molar-refractivity contribution is 0.107. The topological polar surface area (TPSA) is 30.0 Å². The maximum absolute atomic E-state index is 12.7. The summed E-state index contributed by atoms with van der Waals surface area (Å²) in [6.45, 7) is 1.60. The van der Waals surface area contributed by atoms with Crippen molar-refractivity contribution in [1.29, 1.82) is 0 Å². The van der Waals surface area contributed by atoms with E-state index in [2.05, 4.69) is 4.98 Å². The van der Waals surface area contributed by atoms with Gasteiger partial charge in [-0.15, -0.1) is 0 Å².